The first-order valence-electron chi connectivity index (χ1n) is 9.36. The van der Waals surface area contributed by atoms with Crippen molar-refractivity contribution >= 4 is 17.3 Å². The van der Waals surface area contributed by atoms with Crippen molar-refractivity contribution in [3.05, 3.63) is 53.7 Å². The van der Waals surface area contributed by atoms with Crippen LogP contribution in [0.2, 0.25) is 0 Å². The molecule has 3 rings (SSSR count). The number of rotatable bonds is 9. The third-order valence-electron chi connectivity index (χ3n) is 4.62. The second kappa shape index (κ2) is 10.2. The van der Waals surface area contributed by atoms with E-state index in [1.165, 1.54) is 0 Å². The molecule has 0 aliphatic heterocycles. The van der Waals surface area contributed by atoms with Crippen LogP contribution in [0.4, 0.5) is 11.6 Å². The molecule has 158 valence electrons. The zero-order valence-corrected chi connectivity index (χ0v) is 16.1. The van der Waals surface area contributed by atoms with Gasteiger partial charge in [-0.05, 0) is 11.5 Å². The number of hydrogen-bond donors (Lipinski definition) is 5. The number of aliphatic hydroxyl groups excluding tert-OH is 3. The van der Waals surface area contributed by atoms with Crippen LogP contribution in [0.25, 0.3) is 5.65 Å². The van der Waals surface area contributed by atoms with Gasteiger partial charge >= 0.3 is 0 Å². The van der Waals surface area contributed by atoms with Crippen molar-refractivity contribution in [2.24, 2.45) is 0 Å². The molecule has 0 radical (unpaired) electrons. The minimum atomic E-state index is -1.10. The number of nitrogens with one attached hydrogen (secondary N) is 2. The molecule has 0 aliphatic carbocycles. The van der Waals surface area contributed by atoms with Gasteiger partial charge in [-0.3, -0.25) is 0 Å². The van der Waals surface area contributed by atoms with Crippen molar-refractivity contribution in [1.29, 1.82) is 0 Å². The molecule has 8 heteroatoms. The summed E-state index contributed by atoms with van der Waals surface area (Å²) in [5.41, 5.74) is 2.82. The van der Waals surface area contributed by atoms with Crippen LogP contribution < -0.4 is 10.6 Å². The maximum atomic E-state index is 9.88. The molecule has 2 atom stereocenters. The van der Waals surface area contributed by atoms with E-state index in [0.717, 1.165) is 16.9 Å². The highest BCUT2D eigenvalue weighted by molar-refractivity contribution is 5.61. The molecule has 0 amide bonds. The van der Waals surface area contributed by atoms with Gasteiger partial charge in [0.05, 0.1) is 31.6 Å². The average Bonchev–Trinajstić information content (AvgIpc) is 3.14. The first-order valence-corrected chi connectivity index (χ1v) is 9.36. The van der Waals surface area contributed by atoms with E-state index >= 15 is 0 Å². The number of benzene rings is 1. The molecule has 2 aromatic heterocycles. The van der Waals surface area contributed by atoms with E-state index < -0.39 is 18.8 Å². The Kier molecular flexibility index (Phi) is 7.95. The molecule has 0 saturated heterocycles. The van der Waals surface area contributed by atoms with Crippen LogP contribution in [0, 0.1) is 0 Å². The lowest BCUT2D eigenvalue weighted by molar-refractivity contribution is 0.0612. The molecular weight excluding hydrogens is 370 g/mol. The van der Waals surface area contributed by atoms with Crippen molar-refractivity contribution in [2.45, 2.75) is 45.9 Å². The lowest BCUT2D eigenvalue weighted by Crippen LogP contribution is -2.39. The summed E-state index contributed by atoms with van der Waals surface area (Å²) in [5.74, 6) is 1.45. The van der Waals surface area contributed by atoms with Gasteiger partial charge in [-0.2, -0.15) is 9.61 Å². The van der Waals surface area contributed by atoms with Gasteiger partial charge in [0, 0.05) is 18.2 Å². The molecule has 2 unspecified atom stereocenters. The predicted octanol–water partition coefficient (Wildman–Crippen LogP) is 2.23. The summed E-state index contributed by atoms with van der Waals surface area (Å²) in [6.45, 7) is 3.96. The normalized spacial score (nSPS) is 13.2. The van der Waals surface area contributed by atoms with Crippen LogP contribution >= 0.6 is 0 Å². The van der Waals surface area contributed by atoms with Gasteiger partial charge in [0.2, 0.25) is 0 Å². The predicted molar refractivity (Wildman–Crippen MR) is 115 cm³/mol. The van der Waals surface area contributed by atoms with Gasteiger partial charge < -0.3 is 26.0 Å². The highest BCUT2D eigenvalue weighted by Gasteiger charge is 2.20. The van der Waals surface area contributed by atoms with Crippen LogP contribution in [0.5, 0.6) is 0 Å². The van der Waals surface area contributed by atoms with E-state index in [9.17, 15) is 15.3 Å². The average molecular weight is 402 g/mol. The van der Waals surface area contributed by atoms with Crippen molar-refractivity contribution in [2.75, 3.05) is 23.8 Å². The number of aliphatic hydroxyl groups is 3. The van der Waals surface area contributed by atoms with Crippen molar-refractivity contribution < 1.29 is 15.3 Å². The maximum absolute atomic E-state index is 9.88. The number of aromatic nitrogens is 3. The summed E-state index contributed by atoms with van der Waals surface area (Å²) >= 11 is 0. The second-order valence-corrected chi connectivity index (χ2v) is 7.04. The molecule has 8 nitrogen and oxygen atoms in total. The highest BCUT2D eigenvalue weighted by atomic mass is 16.3. The van der Waals surface area contributed by atoms with Gasteiger partial charge in [-0.15, -0.1) is 0 Å². The minimum Gasteiger partial charge on any atom is -0.394 e. The first kappa shape index (κ1) is 22.6. The Hall–Kier alpha value is -2.68. The maximum Gasteiger partial charge on any atom is 0.163 e. The van der Waals surface area contributed by atoms with Crippen LogP contribution in [-0.4, -0.2) is 55.3 Å². The van der Waals surface area contributed by atoms with Crippen molar-refractivity contribution in [3.63, 3.8) is 0 Å². The Morgan fingerprint density at radius 2 is 1.83 bits per heavy atom. The van der Waals surface area contributed by atoms with E-state index in [2.05, 4.69) is 34.6 Å². The summed E-state index contributed by atoms with van der Waals surface area (Å²) in [6.07, 6.45) is 0.703. The third kappa shape index (κ3) is 5.23. The smallest absolute Gasteiger partial charge is 0.163 e. The lowest BCUT2D eigenvalue weighted by Gasteiger charge is -2.22. The van der Waals surface area contributed by atoms with Gasteiger partial charge in [-0.1, -0.05) is 51.6 Å². The summed E-state index contributed by atoms with van der Waals surface area (Å²) in [4.78, 5) is 4.62. The standard InChI is InChI=1S/C20H27N5O3.CH4/c1-13(2)15-10-22-25-19(21-9-14-6-4-3-5-7-14)8-18(24-20(15)25)23-16(11-26)17(28)12-27;/h3-8,10,13,16-17,21,26-28H,9,11-12H2,1-2H3,(H,23,24);1H4. The fourth-order valence-corrected chi connectivity index (χ4v) is 2.96. The molecule has 2 heterocycles. The molecule has 0 fully saturated rings. The largest absolute Gasteiger partial charge is 0.394 e. The van der Waals surface area contributed by atoms with Crippen LogP contribution in [0.3, 0.4) is 0 Å². The van der Waals surface area contributed by atoms with Gasteiger partial charge in [0.15, 0.2) is 5.65 Å². The lowest BCUT2D eigenvalue weighted by atomic mass is 10.1. The molecule has 3 aromatic rings. The fraction of sp³-hybridized carbons (Fsp3) is 0.429. The van der Waals surface area contributed by atoms with Crippen molar-refractivity contribution in [3.8, 4) is 0 Å². The number of anilines is 2. The molecule has 0 saturated carbocycles. The molecule has 0 spiro atoms. The van der Waals surface area contributed by atoms with Gasteiger partial charge in [-0.25, -0.2) is 4.98 Å². The Balaban J connectivity index is 0.00000300. The monoisotopic (exact) mass is 401 g/mol. The second-order valence-electron chi connectivity index (χ2n) is 7.04. The Morgan fingerprint density at radius 1 is 1.10 bits per heavy atom. The molecule has 0 aliphatic rings. The SMILES string of the molecule is C.CC(C)c1cnn2c(NCc3ccccc3)cc(NC(CO)C(O)CO)nc12. The Morgan fingerprint density at radius 3 is 2.45 bits per heavy atom. The molecule has 0 bridgehead atoms. The molecule has 5 N–H and O–H groups in total. The van der Waals surface area contributed by atoms with E-state index in [-0.39, 0.29) is 20.0 Å². The van der Waals surface area contributed by atoms with Crippen molar-refractivity contribution in [1.82, 2.24) is 14.6 Å². The van der Waals surface area contributed by atoms with E-state index in [0.29, 0.717) is 18.0 Å². The van der Waals surface area contributed by atoms with Crippen LogP contribution in [0.15, 0.2) is 42.6 Å². The summed E-state index contributed by atoms with van der Waals surface area (Å²) in [6, 6.07) is 11.1. The quantitative estimate of drug-likeness (QED) is 0.373. The third-order valence-corrected chi connectivity index (χ3v) is 4.62. The first-order chi connectivity index (χ1) is 13.5. The van der Waals surface area contributed by atoms with Crippen LogP contribution in [0.1, 0.15) is 38.3 Å². The number of fused-ring (bicyclic) bond motifs is 1. The van der Waals surface area contributed by atoms with Crippen LogP contribution in [-0.2, 0) is 6.54 Å². The van der Waals surface area contributed by atoms with E-state index in [1.54, 1.807) is 16.8 Å². The fourth-order valence-electron chi connectivity index (χ4n) is 2.96. The van der Waals surface area contributed by atoms with E-state index in [4.69, 9.17) is 0 Å². The molecule has 29 heavy (non-hydrogen) atoms. The molecular formula is C21H31N5O3. The number of hydrogen-bond acceptors (Lipinski definition) is 7. The highest BCUT2D eigenvalue weighted by Crippen LogP contribution is 2.24. The zero-order chi connectivity index (χ0) is 20.1. The van der Waals surface area contributed by atoms with Gasteiger partial charge in [0.25, 0.3) is 0 Å². The summed E-state index contributed by atoms with van der Waals surface area (Å²) < 4.78 is 1.75. The Labute approximate surface area is 171 Å². The minimum absolute atomic E-state index is 0. The summed E-state index contributed by atoms with van der Waals surface area (Å²) in [7, 11) is 0. The number of nitrogens with zero attached hydrogens (tertiary/aromatic N) is 3. The summed E-state index contributed by atoms with van der Waals surface area (Å²) in [5, 5.41) is 39.5. The van der Waals surface area contributed by atoms with Gasteiger partial charge in [0.1, 0.15) is 11.6 Å². The van der Waals surface area contributed by atoms with E-state index in [1.807, 2.05) is 30.3 Å². The Bertz CT molecular complexity index is 898. The topological polar surface area (TPSA) is 115 Å². The zero-order valence-electron chi connectivity index (χ0n) is 16.1. The molecule has 1 aromatic carbocycles.